The maximum Gasteiger partial charge on any atom is 0.309 e. The molecular weight excluding hydrogens is 246 g/mol. The van der Waals surface area contributed by atoms with Gasteiger partial charge in [-0.2, -0.15) is 0 Å². The highest BCUT2D eigenvalue weighted by atomic mass is 16.7. The topological polar surface area (TPSA) is 64.6 Å². The molecule has 1 saturated heterocycles. The molecule has 0 aliphatic carbocycles. The Kier molecular flexibility index (Phi) is 2.98. The van der Waals surface area contributed by atoms with E-state index in [0.717, 1.165) is 24.1 Å². The highest BCUT2D eigenvalue weighted by molar-refractivity contribution is 5.80. The average Bonchev–Trinajstić information content (AvgIpc) is 2.66. The van der Waals surface area contributed by atoms with Crippen molar-refractivity contribution in [2.45, 2.75) is 25.0 Å². The fourth-order valence-corrected chi connectivity index (χ4v) is 2.56. The summed E-state index contributed by atoms with van der Waals surface area (Å²) in [5, 5.41) is 3.17. The van der Waals surface area contributed by atoms with E-state index in [1.165, 1.54) is 0 Å². The van der Waals surface area contributed by atoms with Gasteiger partial charge in [-0.3, -0.25) is 9.59 Å². The molecule has 0 aromatic heterocycles. The van der Waals surface area contributed by atoms with Crippen LogP contribution >= 0.6 is 0 Å². The molecule has 5 nitrogen and oxygen atoms in total. The summed E-state index contributed by atoms with van der Waals surface area (Å²) in [5.74, 6) is -2.11. The normalized spacial score (nSPS) is 21.9. The first-order valence-corrected chi connectivity index (χ1v) is 6.42. The molecule has 2 heterocycles. The Hall–Kier alpha value is -1.88. The van der Waals surface area contributed by atoms with Crippen LogP contribution in [0.5, 0.6) is 0 Å². The van der Waals surface area contributed by atoms with Crippen molar-refractivity contribution in [2.24, 2.45) is 0 Å². The number of fused-ring (bicyclic) bond motifs is 2. The van der Waals surface area contributed by atoms with Gasteiger partial charge in [-0.05, 0) is 18.5 Å². The summed E-state index contributed by atoms with van der Waals surface area (Å²) in [7, 11) is 0. The van der Waals surface area contributed by atoms with Crippen molar-refractivity contribution in [3.8, 4) is 0 Å². The summed E-state index contributed by atoms with van der Waals surface area (Å²) in [5.41, 5.74) is 1.80. The molecule has 5 heteroatoms. The molecule has 0 bridgehead atoms. The first-order valence-electron chi connectivity index (χ1n) is 6.42. The maximum atomic E-state index is 11.7. The molecule has 1 aromatic carbocycles. The second-order valence-electron chi connectivity index (χ2n) is 4.78. The lowest BCUT2D eigenvalue weighted by molar-refractivity contribution is -0.225. The van der Waals surface area contributed by atoms with Crippen molar-refractivity contribution >= 4 is 11.9 Å². The molecule has 0 radical (unpaired) electrons. The van der Waals surface area contributed by atoms with Crippen molar-refractivity contribution in [1.82, 2.24) is 5.32 Å². The van der Waals surface area contributed by atoms with Crippen LogP contribution in [0.3, 0.4) is 0 Å². The van der Waals surface area contributed by atoms with E-state index in [2.05, 4.69) is 5.32 Å². The van der Waals surface area contributed by atoms with Crippen LogP contribution in [-0.2, 0) is 31.3 Å². The number of esters is 2. The van der Waals surface area contributed by atoms with Gasteiger partial charge in [-0.15, -0.1) is 0 Å². The number of benzene rings is 1. The van der Waals surface area contributed by atoms with Gasteiger partial charge in [0, 0.05) is 5.56 Å². The van der Waals surface area contributed by atoms with Crippen molar-refractivity contribution in [3.05, 3.63) is 35.4 Å². The van der Waals surface area contributed by atoms with E-state index >= 15 is 0 Å². The molecule has 0 amide bonds. The smallest absolute Gasteiger partial charge is 0.309 e. The van der Waals surface area contributed by atoms with E-state index in [1.54, 1.807) is 0 Å². The van der Waals surface area contributed by atoms with E-state index < -0.39 is 17.7 Å². The van der Waals surface area contributed by atoms with Crippen molar-refractivity contribution in [3.63, 3.8) is 0 Å². The number of hydrogen-bond donors (Lipinski definition) is 1. The molecule has 2 aliphatic heterocycles. The molecule has 100 valence electrons. The van der Waals surface area contributed by atoms with Gasteiger partial charge in [0.15, 0.2) is 0 Å². The first kappa shape index (κ1) is 12.2. The molecule has 0 atom stereocenters. The molecule has 1 aromatic rings. The fraction of sp³-hybridized carbons (Fsp3) is 0.429. The van der Waals surface area contributed by atoms with Gasteiger partial charge in [0.2, 0.25) is 0 Å². The van der Waals surface area contributed by atoms with Gasteiger partial charge in [0.05, 0.1) is 19.4 Å². The lowest BCUT2D eigenvalue weighted by Gasteiger charge is -2.31. The van der Waals surface area contributed by atoms with E-state index in [0.29, 0.717) is 6.54 Å². The highest BCUT2D eigenvalue weighted by Crippen LogP contribution is 2.34. The van der Waals surface area contributed by atoms with Crippen LogP contribution in [0.1, 0.15) is 24.0 Å². The summed E-state index contributed by atoms with van der Waals surface area (Å²) in [6.45, 7) is 1.05. The zero-order valence-corrected chi connectivity index (χ0v) is 10.5. The zero-order valence-electron chi connectivity index (χ0n) is 10.5. The van der Waals surface area contributed by atoms with Crippen molar-refractivity contribution in [2.75, 3.05) is 13.1 Å². The van der Waals surface area contributed by atoms with Crippen LogP contribution in [0.4, 0.5) is 0 Å². The van der Waals surface area contributed by atoms with Gasteiger partial charge in [0.25, 0.3) is 5.79 Å². The summed E-state index contributed by atoms with van der Waals surface area (Å²) in [4.78, 5) is 23.5. The fourth-order valence-electron chi connectivity index (χ4n) is 2.56. The minimum Gasteiger partial charge on any atom is -0.416 e. The third-order valence-electron chi connectivity index (χ3n) is 3.45. The number of nitrogens with one attached hydrogen (secondary N) is 1. The van der Waals surface area contributed by atoms with E-state index in [-0.39, 0.29) is 12.8 Å². The largest absolute Gasteiger partial charge is 0.416 e. The average molecular weight is 261 g/mol. The van der Waals surface area contributed by atoms with Crippen molar-refractivity contribution < 1.29 is 19.1 Å². The quantitative estimate of drug-likeness (QED) is 0.702. The molecule has 1 spiro atoms. The molecule has 2 aliphatic rings. The summed E-state index contributed by atoms with van der Waals surface area (Å²) in [6.07, 6.45) is 0.957. The van der Waals surface area contributed by atoms with E-state index in [9.17, 15) is 9.59 Å². The Morgan fingerprint density at radius 2 is 1.68 bits per heavy atom. The third-order valence-corrected chi connectivity index (χ3v) is 3.45. The minimum absolute atomic E-state index is 0.0722. The van der Waals surface area contributed by atoms with Crippen LogP contribution in [0, 0.1) is 0 Å². The molecule has 0 unspecified atom stereocenters. The predicted octanol–water partition coefficient (Wildman–Crippen LogP) is 0.865. The number of carbonyl (C=O) groups excluding carboxylic acids is 2. The zero-order chi connectivity index (χ0) is 13.3. The van der Waals surface area contributed by atoms with Crippen LogP contribution in [0.15, 0.2) is 24.3 Å². The molecule has 1 fully saturated rings. The molecule has 0 saturated carbocycles. The second-order valence-corrected chi connectivity index (χ2v) is 4.78. The van der Waals surface area contributed by atoms with E-state index in [4.69, 9.17) is 9.47 Å². The molecule has 19 heavy (non-hydrogen) atoms. The van der Waals surface area contributed by atoms with Crippen LogP contribution < -0.4 is 5.32 Å². The van der Waals surface area contributed by atoms with Crippen LogP contribution in [-0.4, -0.2) is 25.0 Å². The molecular formula is C14H15NO4. The molecule has 3 rings (SSSR count). The lowest BCUT2D eigenvalue weighted by atomic mass is 9.98. The first-order chi connectivity index (χ1) is 9.20. The van der Waals surface area contributed by atoms with Crippen LogP contribution in [0.25, 0.3) is 0 Å². The van der Waals surface area contributed by atoms with Gasteiger partial charge in [-0.1, -0.05) is 24.3 Å². The Labute approximate surface area is 110 Å². The van der Waals surface area contributed by atoms with Gasteiger partial charge >= 0.3 is 11.9 Å². The SMILES string of the molecule is O=C1CCC(=O)OC2(CNCCc3ccccc32)O1. The Morgan fingerprint density at radius 1 is 1.00 bits per heavy atom. The Balaban J connectivity index is 2.10. The minimum atomic E-state index is -1.31. The van der Waals surface area contributed by atoms with Crippen LogP contribution in [0.2, 0.25) is 0 Å². The number of ether oxygens (including phenoxy) is 2. The third kappa shape index (κ3) is 2.21. The van der Waals surface area contributed by atoms with Gasteiger partial charge in [-0.25, -0.2) is 0 Å². The van der Waals surface area contributed by atoms with Gasteiger partial charge < -0.3 is 14.8 Å². The summed E-state index contributed by atoms with van der Waals surface area (Å²) < 4.78 is 10.9. The summed E-state index contributed by atoms with van der Waals surface area (Å²) >= 11 is 0. The monoisotopic (exact) mass is 261 g/mol. The lowest BCUT2D eigenvalue weighted by Crippen LogP contribution is -2.43. The number of hydrogen-bond acceptors (Lipinski definition) is 5. The Morgan fingerprint density at radius 3 is 2.42 bits per heavy atom. The second kappa shape index (κ2) is 4.66. The highest BCUT2D eigenvalue weighted by Gasteiger charge is 2.44. The Bertz CT molecular complexity index is 508. The summed E-state index contributed by atoms with van der Waals surface area (Å²) in [6, 6.07) is 7.61. The predicted molar refractivity (Wildman–Crippen MR) is 66.1 cm³/mol. The standard InChI is InChI=1S/C14H15NO4/c16-12-5-6-13(17)19-14(18-12)9-15-8-7-10-3-1-2-4-11(10)14/h1-4,15H,5-9H2. The van der Waals surface area contributed by atoms with Gasteiger partial charge in [0.1, 0.15) is 0 Å². The van der Waals surface area contributed by atoms with Crippen molar-refractivity contribution in [1.29, 1.82) is 0 Å². The number of carbonyl (C=O) groups is 2. The molecule has 1 N–H and O–H groups in total. The van der Waals surface area contributed by atoms with E-state index in [1.807, 2.05) is 24.3 Å². The number of rotatable bonds is 0. The maximum absolute atomic E-state index is 11.7.